The van der Waals surface area contributed by atoms with Crippen LogP contribution in [0.4, 0.5) is 0 Å². The summed E-state index contributed by atoms with van der Waals surface area (Å²) < 4.78 is 36.1. The molecule has 1 fully saturated rings. The quantitative estimate of drug-likeness (QED) is 0.208. The molecule has 1 rings (SSSR count). The highest BCUT2D eigenvalue weighted by atomic mass is 16.9. The average Bonchev–Trinajstić information content (AvgIpc) is 2.71. The third-order valence-electron chi connectivity index (χ3n) is 5.14. The Morgan fingerprint density at radius 3 is 1.76 bits per heavy atom. The van der Waals surface area contributed by atoms with E-state index < -0.39 is 18.1 Å². The van der Waals surface area contributed by atoms with E-state index in [1.54, 1.807) is 0 Å². The molecule has 1 saturated heterocycles. The van der Waals surface area contributed by atoms with Crippen LogP contribution in [-0.2, 0) is 28.4 Å². The van der Waals surface area contributed by atoms with Crippen molar-refractivity contribution < 1.29 is 28.4 Å². The fourth-order valence-electron chi connectivity index (χ4n) is 3.51. The first-order valence-corrected chi connectivity index (χ1v) is 12.0. The Morgan fingerprint density at radius 1 is 0.690 bits per heavy atom. The van der Waals surface area contributed by atoms with Crippen LogP contribution in [0.3, 0.4) is 0 Å². The molecule has 0 N–H and O–H groups in total. The second kappa shape index (κ2) is 15.5. The third-order valence-corrected chi connectivity index (χ3v) is 5.14. The Labute approximate surface area is 178 Å². The van der Waals surface area contributed by atoms with Crippen molar-refractivity contribution in [3.63, 3.8) is 0 Å². The SMILES string of the molecule is CCCCCCCOC1(OCC)COC(OCC)(OCCCCCCC)C(C)O1. The summed E-state index contributed by atoms with van der Waals surface area (Å²) in [6, 6.07) is 0. The molecule has 0 aliphatic carbocycles. The van der Waals surface area contributed by atoms with Gasteiger partial charge in [-0.15, -0.1) is 0 Å². The predicted octanol–water partition coefficient (Wildman–Crippen LogP) is 5.78. The van der Waals surface area contributed by atoms with Crippen molar-refractivity contribution in [3.8, 4) is 0 Å². The summed E-state index contributed by atoms with van der Waals surface area (Å²) in [5, 5.41) is 0. The first-order chi connectivity index (χ1) is 14.1. The van der Waals surface area contributed by atoms with Crippen LogP contribution in [0, 0.1) is 0 Å². The van der Waals surface area contributed by atoms with E-state index in [4.69, 9.17) is 28.4 Å². The second-order valence-corrected chi connectivity index (χ2v) is 7.73. The molecule has 0 amide bonds. The van der Waals surface area contributed by atoms with Gasteiger partial charge in [-0.25, -0.2) is 0 Å². The standard InChI is InChI=1S/C23H46O6/c1-6-10-12-14-16-18-26-22(24-8-3)20-28-23(25-9-4,21(5)29-22)27-19-17-15-13-11-7-2/h21H,6-20H2,1-5H3. The van der Waals surface area contributed by atoms with Crippen LogP contribution >= 0.6 is 0 Å². The molecule has 1 heterocycles. The predicted molar refractivity (Wildman–Crippen MR) is 115 cm³/mol. The minimum Gasteiger partial charge on any atom is -0.326 e. The van der Waals surface area contributed by atoms with E-state index in [0.717, 1.165) is 25.7 Å². The Balaban J connectivity index is 2.56. The molecule has 0 radical (unpaired) electrons. The molecule has 0 bridgehead atoms. The van der Waals surface area contributed by atoms with E-state index in [1.807, 2.05) is 20.8 Å². The van der Waals surface area contributed by atoms with Gasteiger partial charge in [0.15, 0.2) is 0 Å². The van der Waals surface area contributed by atoms with Crippen LogP contribution in [0.1, 0.15) is 98.8 Å². The molecule has 1 aliphatic heterocycles. The monoisotopic (exact) mass is 418 g/mol. The van der Waals surface area contributed by atoms with Crippen LogP contribution in [0.15, 0.2) is 0 Å². The van der Waals surface area contributed by atoms with Crippen molar-refractivity contribution in [2.24, 2.45) is 0 Å². The van der Waals surface area contributed by atoms with Crippen LogP contribution in [0.5, 0.6) is 0 Å². The molecular formula is C23H46O6. The second-order valence-electron chi connectivity index (χ2n) is 7.73. The van der Waals surface area contributed by atoms with Crippen LogP contribution in [0.2, 0.25) is 0 Å². The topological polar surface area (TPSA) is 55.4 Å². The first kappa shape index (κ1) is 26.8. The highest BCUT2D eigenvalue weighted by Crippen LogP contribution is 2.35. The van der Waals surface area contributed by atoms with E-state index in [-0.39, 0.29) is 6.61 Å². The van der Waals surface area contributed by atoms with Gasteiger partial charge in [-0.05, 0) is 33.6 Å². The van der Waals surface area contributed by atoms with E-state index in [2.05, 4.69) is 13.8 Å². The number of hydrogen-bond donors (Lipinski definition) is 0. The largest absolute Gasteiger partial charge is 0.326 e. The molecule has 3 unspecified atom stereocenters. The normalized spacial score (nSPS) is 27.4. The molecule has 6 nitrogen and oxygen atoms in total. The lowest BCUT2D eigenvalue weighted by Gasteiger charge is -2.47. The zero-order valence-corrected chi connectivity index (χ0v) is 19.6. The Kier molecular flexibility index (Phi) is 14.4. The minimum atomic E-state index is -1.20. The van der Waals surface area contributed by atoms with E-state index in [9.17, 15) is 0 Å². The average molecular weight is 419 g/mol. The van der Waals surface area contributed by atoms with Gasteiger partial charge in [0.2, 0.25) is 0 Å². The van der Waals surface area contributed by atoms with Crippen molar-refractivity contribution in [2.75, 3.05) is 33.0 Å². The van der Waals surface area contributed by atoms with E-state index in [0.29, 0.717) is 26.4 Å². The van der Waals surface area contributed by atoms with E-state index in [1.165, 1.54) is 38.5 Å². The van der Waals surface area contributed by atoms with Crippen molar-refractivity contribution in [1.29, 1.82) is 0 Å². The Morgan fingerprint density at radius 2 is 1.24 bits per heavy atom. The third kappa shape index (κ3) is 9.62. The molecule has 29 heavy (non-hydrogen) atoms. The lowest BCUT2D eigenvalue weighted by atomic mass is 10.2. The lowest BCUT2D eigenvalue weighted by molar-refractivity contribution is -0.526. The molecule has 0 aromatic heterocycles. The van der Waals surface area contributed by atoms with Gasteiger partial charge in [0, 0.05) is 13.2 Å². The molecule has 0 spiro atoms. The first-order valence-electron chi connectivity index (χ1n) is 12.0. The van der Waals surface area contributed by atoms with Gasteiger partial charge in [0.1, 0.15) is 12.7 Å². The number of hydrogen-bond acceptors (Lipinski definition) is 6. The summed E-state index contributed by atoms with van der Waals surface area (Å²) in [5.74, 6) is -2.39. The minimum absolute atomic E-state index is 0.121. The smallest absolute Gasteiger partial charge is 0.311 e. The van der Waals surface area contributed by atoms with Gasteiger partial charge in [-0.3, -0.25) is 0 Å². The van der Waals surface area contributed by atoms with Crippen molar-refractivity contribution in [3.05, 3.63) is 0 Å². The Hall–Kier alpha value is -0.240. The zero-order chi connectivity index (χ0) is 21.4. The van der Waals surface area contributed by atoms with Crippen LogP contribution in [-0.4, -0.2) is 51.1 Å². The summed E-state index contributed by atoms with van der Waals surface area (Å²) >= 11 is 0. The maximum absolute atomic E-state index is 6.19. The molecule has 6 heteroatoms. The summed E-state index contributed by atoms with van der Waals surface area (Å²) in [6.07, 6.45) is 11.2. The number of unbranched alkanes of at least 4 members (excludes halogenated alkanes) is 8. The lowest BCUT2D eigenvalue weighted by Crippen LogP contribution is -2.62. The molecule has 0 saturated carbocycles. The summed E-state index contributed by atoms with van der Waals surface area (Å²) in [5.41, 5.74) is 0. The zero-order valence-electron chi connectivity index (χ0n) is 19.6. The fourth-order valence-corrected chi connectivity index (χ4v) is 3.51. The molecule has 3 atom stereocenters. The summed E-state index contributed by atoms with van der Waals surface area (Å²) in [7, 11) is 0. The summed E-state index contributed by atoms with van der Waals surface area (Å²) in [6.45, 7) is 12.4. The highest BCUT2D eigenvalue weighted by Gasteiger charge is 2.53. The molecule has 1 aliphatic rings. The van der Waals surface area contributed by atoms with Gasteiger partial charge in [0.25, 0.3) is 0 Å². The van der Waals surface area contributed by atoms with Crippen LogP contribution in [0.25, 0.3) is 0 Å². The maximum Gasteiger partial charge on any atom is 0.311 e. The van der Waals surface area contributed by atoms with Crippen molar-refractivity contribution in [1.82, 2.24) is 0 Å². The molecule has 0 aromatic rings. The molecule has 0 aromatic carbocycles. The fraction of sp³-hybridized carbons (Fsp3) is 1.00. The molecular weight excluding hydrogens is 372 g/mol. The van der Waals surface area contributed by atoms with Gasteiger partial charge in [-0.1, -0.05) is 65.2 Å². The van der Waals surface area contributed by atoms with Crippen molar-refractivity contribution in [2.45, 2.75) is 117 Å². The van der Waals surface area contributed by atoms with Crippen molar-refractivity contribution >= 4 is 0 Å². The number of rotatable bonds is 18. The number of ether oxygens (including phenoxy) is 6. The van der Waals surface area contributed by atoms with Gasteiger partial charge in [-0.2, -0.15) is 0 Å². The van der Waals surface area contributed by atoms with Crippen LogP contribution < -0.4 is 0 Å². The van der Waals surface area contributed by atoms with E-state index >= 15 is 0 Å². The van der Waals surface area contributed by atoms with Gasteiger partial charge >= 0.3 is 11.9 Å². The Bertz CT molecular complexity index is 394. The van der Waals surface area contributed by atoms with Gasteiger partial charge < -0.3 is 28.4 Å². The highest BCUT2D eigenvalue weighted by molar-refractivity contribution is 4.77. The molecule has 174 valence electrons. The summed E-state index contributed by atoms with van der Waals surface area (Å²) in [4.78, 5) is 0. The maximum atomic E-state index is 6.19. The van der Waals surface area contributed by atoms with Gasteiger partial charge in [0.05, 0.1) is 13.2 Å².